The number of nitrogens with zero attached hydrogens (tertiary/aromatic N) is 2. The van der Waals surface area contributed by atoms with Gasteiger partial charge in [-0.05, 0) is 39.3 Å². The number of hydrogen-bond donors (Lipinski definition) is 1. The third-order valence-corrected chi connectivity index (χ3v) is 5.03. The summed E-state index contributed by atoms with van der Waals surface area (Å²) >= 11 is 0. The van der Waals surface area contributed by atoms with Gasteiger partial charge < -0.3 is 10.6 Å². The molecule has 0 aliphatic carbocycles. The minimum Gasteiger partial charge on any atom is -0.329 e. The Hall–Kier alpha value is -0.120. The van der Waals surface area contributed by atoms with Crippen molar-refractivity contribution in [3.05, 3.63) is 0 Å². The van der Waals surface area contributed by atoms with Gasteiger partial charge in [-0.15, -0.1) is 0 Å². The van der Waals surface area contributed by atoms with Gasteiger partial charge in [-0.1, -0.05) is 27.2 Å². The number of nitrogens with two attached hydrogens (primary N) is 1. The molecule has 1 aliphatic heterocycles. The summed E-state index contributed by atoms with van der Waals surface area (Å²) in [7, 11) is 4.39. The smallest absolute Gasteiger partial charge is 0.0332 e. The summed E-state index contributed by atoms with van der Waals surface area (Å²) in [6.07, 6.45) is 4.96. The first-order valence-electron chi connectivity index (χ1n) is 7.60. The Labute approximate surface area is 114 Å². The predicted octanol–water partition coefficient (Wildman–Crippen LogP) is 2.17. The summed E-state index contributed by atoms with van der Waals surface area (Å²) < 4.78 is 0. The highest BCUT2D eigenvalue weighted by molar-refractivity contribution is 4.97. The Bertz CT molecular complexity index is 236. The van der Waals surface area contributed by atoms with E-state index in [1.54, 1.807) is 0 Å². The highest BCUT2D eigenvalue weighted by atomic mass is 15.3. The fraction of sp³-hybridized carbons (Fsp3) is 1.00. The lowest BCUT2D eigenvalue weighted by molar-refractivity contribution is 0.0835. The van der Waals surface area contributed by atoms with E-state index in [-0.39, 0.29) is 5.54 Å². The molecule has 1 aliphatic rings. The Morgan fingerprint density at radius 3 is 2.44 bits per heavy atom. The van der Waals surface area contributed by atoms with Crippen LogP contribution in [-0.4, -0.2) is 55.1 Å². The highest BCUT2D eigenvalue weighted by Crippen LogP contribution is 2.32. The molecular weight excluding hydrogens is 222 g/mol. The quantitative estimate of drug-likeness (QED) is 0.757. The van der Waals surface area contributed by atoms with Crippen molar-refractivity contribution in [2.45, 2.75) is 58.0 Å². The van der Waals surface area contributed by atoms with Gasteiger partial charge in [-0.3, -0.25) is 4.90 Å². The Balaban J connectivity index is 2.73. The highest BCUT2D eigenvalue weighted by Gasteiger charge is 2.39. The van der Waals surface area contributed by atoms with Crippen molar-refractivity contribution in [1.29, 1.82) is 0 Å². The van der Waals surface area contributed by atoms with E-state index in [2.05, 4.69) is 44.7 Å². The second kappa shape index (κ2) is 6.88. The van der Waals surface area contributed by atoms with Gasteiger partial charge >= 0.3 is 0 Å². The minimum absolute atomic E-state index is 0.236. The molecule has 0 aromatic heterocycles. The average molecular weight is 255 g/mol. The molecule has 1 saturated heterocycles. The standard InChI is InChI=1S/C15H33N3/c1-6-13(3)10-15(7-2,12-16)18-9-8-14(11-18)17(4)5/h13-14H,6-12,16H2,1-5H3. The molecule has 0 bridgehead atoms. The van der Waals surface area contributed by atoms with Crippen LogP contribution < -0.4 is 5.73 Å². The minimum atomic E-state index is 0.236. The van der Waals surface area contributed by atoms with Crippen molar-refractivity contribution in [3.8, 4) is 0 Å². The van der Waals surface area contributed by atoms with Gasteiger partial charge in [0.15, 0.2) is 0 Å². The predicted molar refractivity (Wildman–Crippen MR) is 79.8 cm³/mol. The van der Waals surface area contributed by atoms with E-state index in [1.165, 1.54) is 38.8 Å². The summed E-state index contributed by atoms with van der Waals surface area (Å²) in [5.41, 5.74) is 6.40. The molecule has 0 saturated carbocycles. The monoisotopic (exact) mass is 255 g/mol. The molecule has 3 atom stereocenters. The third-order valence-electron chi connectivity index (χ3n) is 5.03. The molecule has 1 heterocycles. The molecule has 2 N–H and O–H groups in total. The zero-order chi connectivity index (χ0) is 13.8. The zero-order valence-corrected chi connectivity index (χ0v) is 13.1. The topological polar surface area (TPSA) is 32.5 Å². The maximum absolute atomic E-state index is 6.17. The van der Waals surface area contributed by atoms with E-state index in [0.29, 0.717) is 6.04 Å². The van der Waals surface area contributed by atoms with Crippen molar-refractivity contribution in [2.75, 3.05) is 33.7 Å². The molecule has 1 rings (SSSR count). The molecule has 0 aromatic carbocycles. The lowest BCUT2D eigenvalue weighted by atomic mass is 9.83. The van der Waals surface area contributed by atoms with E-state index >= 15 is 0 Å². The van der Waals surface area contributed by atoms with Crippen LogP contribution in [-0.2, 0) is 0 Å². The maximum atomic E-state index is 6.17. The Morgan fingerprint density at radius 2 is 2.06 bits per heavy atom. The lowest BCUT2D eigenvalue weighted by Gasteiger charge is -2.42. The van der Waals surface area contributed by atoms with Crippen LogP contribution in [0.1, 0.15) is 46.5 Å². The molecule has 108 valence electrons. The second-order valence-electron chi connectivity index (χ2n) is 6.35. The molecule has 0 aromatic rings. The first-order chi connectivity index (χ1) is 8.49. The third kappa shape index (κ3) is 3.46. The molecule has 0 amide bonds. The van der Waals surface area contributed by atoms with Gasteiger partial charge in [-0.2, -0.15) is 0 Å². The van der Waals surface area contributed by atoms with Crippen molar-refractivity contribution in [3.63, 3.8) is 0 Å². The van der Waals surface area contributed by atoms with E-state index in [4.69, 9.17) is 5.73 Å². The molecule has 0 spiro atoms. The van der Waals surface area contributed by atoms with Gasteiger partial charge in [0, 0.05) is 31.2 Å². The molecule has 1 fully saturated rings. The number of rotatable bonds is 7. The van der Waals surface area contributed by atoms with E-state index in [9.17, 15) is 0 Å². The Kier molecular flexibility index (Phi) is 6.09. The average Bonchev–Trinajstić information content (AvgIpc) is 2.86. The van der Waals surface area contributed by atoms with Gasteiger partial charge in [0.2, 0.25) is 0 Å². The van der Waals surface area contributed by atoms with Crippen LogP contribution in [0.3, 0.4) is 0 Å². The SMILES string of the molecule is CCC(C)CC(CC)(CN)N1CCC(N(C)C)C1. The molecule has 18 heavy (non-hydrogen) atoms. The lowest BCUT2D eigenvalue weighted by Crippen LogP contribution is -2.54. The molecule has 3 unspecified atom stereocenters. The normalized spacial score (nSPS) is 26.5. The van der Waals surface area contributed by atoms with Crippen LogP contribution >= 0.6 is 0 Å². The van der Waals surface area contributed by atoms with Gasteiger partial charge in [0.05, 0.1) is 0 Å². The number of likely N-dealkylation sites (tertiary alicyclic amines) is 1. The number of hydrogen-bond acceptors (Lipinski definition) is 3. The van der Waals surface area contributed by atoms with Crippen LogP contribution in [0, 0.1) is 5.92 Å². The summed E-state index contributed by atoms with van der Waals surface area (Å²) in [4.78, 5) is 5.03. The van der Waals surface area contributed by atoms with Crippen molar-refractivity contribution in [2.24, 2.45) is 11.7 Å². The van der Waals surface area contributed by atoms with Crippen LogP contribution in [0.2, 0.25) is 0 Å². The summed E-state index contributed by atoms with van der Waals surface area (Å²) in [6.45, 7) is 10.2. The molecule has 3 heteroatoms. The second-order valence-corrected chi connectivity index (χ2v) is 6.35. The van der Waals surface area contributed by atoms with Crippen LogP contribution in [0.4, 0.5) is 0 Å². The van der Waals surface area contributed by atoms with Crippen molar-refractivity contribution in [1.82, 2.24) is 9.80 Å². The first-order valence-corrected chi connectivity index (χ1v) is 7.60. The Morgan fingerprint density at radius 1 is 1.39 bits per heavy atom. The van der Waals surface area contributed by atoms with Gasteiger partial charge in [-0.25, -0.2) is 0 Å². The number of likely N-dealkylation sites (N-methyl/N-ethyl adjacent to an activating group) is 1. The first kappa shape index (κ1) is 15.9. The largest absolute Gasteiger partial charge is 0.329 e. The molecule has 0 radical (unpaired) electrons. The van der Waals surface area contributed by atoms with E-state index in [0.717, 1.165) is 12.5 Å². The fourth-order valence-corrected chi connectivity index (χ4v) is 3.24. The van der Waals surface area contributed by atoms with Crippen LogP contribution in [0.25, 0.3) is 0 Å². The molecular formula is C15H33N3. The van der Waals surface area contributed by atoms with Crippen LogP contribution in [0.5, 0.6) is 0 Å². The van der Waals surface area contributed by atoms with Crippen molar-refractivity contribution < 1.29 is 0 Å². The summed E-state index contributed by atoms with van der Waals surface area (Å²) in [5.74, 6) is 0.770. The maximum Gasteiger partial charge on any atom is 0.0332 e. The zero-order valence-electron chi connectivity index (χ0n) is 13.1. The van der Waals surface area contributed by atoms with Gasteiger partial charge in [0.25, 0.3) is 0 Å². The molecule has 3 nitrogen and oxygen atoms in total. The summed E-state index contributed by atoms with van der Waals surface area (Å²) in [6, 6.07) is 0.708. The summed E-state index contributed by atoms with van der Waals surface area (Å²) in [5, 5.41) is 0. The van der Waals surface area contributed by atoms with Crippen LogP contribution in [0.15, 0.2) is 0 Å². The van der Waals surface area contributed by atoms with E-state index in [1.807, 2.05) is 0 Å². The van der Waals surface area contributed by atoms with E-state index < -0.39 is 0 Å². The van der Waals surface area contributed by atoms with Crippen molar-refractivity contribution >= 4 is 0 Å². The fourth-order valence-electron chi connectivity index (χ4n) is 3.24. The van der Waals surface area contributed by atoms with Gasteiger partial charge in [0.1, 0.15) is 0 Å².